The summed E-state index contributed by atoms with van der Waals surface area (Å²) < 4.78 is 29.1. The molecular formula is C11H12O4S. The molecule has 1 aliphatic heterocycles. The summed E-state index contributed by atoms with van der Waals surface area (Å²) in [5.41, 5.74) is 0.359. The van der Waals surface area contributed by atoms with Crippen LogP contribution in [0.5, 0.6) is 5.75 Å². The van der Waals surface area contributed by atoms with Crippen molar-refractivity contribution in [1.29, 1.82) is 0 Å². The minimum Gasteiger partial charge on any atom is -0.507 e. The van der Waals surface area contributed by atoms with Gasteiger partial charge in [-0.3, -0.25) is 0 Å². The summed E-state index contributed by atoms with van der Waals surface area (Å²) >= 11 is 0. The van der Waals surface area contributed by atoms with Crippen LogP contribution in [0.25, 0.3) is 6.08 Å². The van der Waals surface area contributed by atoms with Crippen molar-refractivity contribution >= 4 is 15.9 Å². The van der Waals surface area contributed by atoms with Gasteiger partial charge < -0.3 is 9.84 Å². The Bertz CT molecular complexity index is 543. The van der Waals surface area contributed by atoms with Crippen LogP contribution in [0, 0.1) is 0 Å². The fraction of sp³-hybridized carbons (Fsp3) is 0.273. The summed E-state index contributed by atoms with van der Waals surface area (Å²) in [6, 6.07) is 4.47. The van der Waals surface area contributed by atoms with Gasteiger partial charge in [0.2, 0.25) is 9.84 Å². The molecule has 86 valence electrons. The van der Waals surface area contributed by atoms with Crippen molar-refractivity contribution in [1.82, 2.24) is 0 Å². The van der Waals surface area contributed by atoms with Crippen LogP contribution in [-0.4, -0.2) is 26.7 Å². The van der Waals surface area contributed by atoms with E-state index >= 15 is 0 Å². The molecule has 2 rings (SSSR count). The van der Waals surface area contributed by atoms with E-state index in [1.54, 1.807) is 6.92 Å². The van der Waals surface area contributed by atoms with Gasteiger partial charge in [0.15, 0.2) is 0 Å². The molecule has 0 fully saturated rings. The molecule has 0 aromatic heterocycles. The van der Waals surface area contributed by atoms with E-state index < -0.39 is 9.84 Å². The van der Waals surface area contributed by atoms with Gasteiger partial charge in [-0.05, 0) is 25.1 Å². The molecular weight excluding hydrogens is 228 g/mol. The Kier molecular flexibility index (Phi) is 2.73. The second-order valence-electron chi connectivity index (χ2n) is 3.44. The van der Waals surface area contributed by atoms with Crippen molar-refractivity contribution in [2.75, 3.05) is 13.2 Å². The summed E-state index contributed by atoms with van der Waals surface area (Å²) in [6.07, 6.45) is 1.47. The monoisotopic (exact) mass is 240 g/mol. The van der Waals surface area contributed by atoms with Crippen molar-refractivity contribution in [2.24, 2.45) is 0 Å². The lowest BCUT2D eigenvalue weighted by Gasteiger charge is -2.03. The number of hydrogen-bond acceptors (Lipinski definition) is 4. The number of benzene rings is 1. The molecule has 0 saturated carbocycles. The van der Waals surface area contributed by atoms with Gasteiger partial charge in [0, 0.05) is 12.2 Å². The van der Waals surface area contributed by atoms with Gasteiger partial charge in [-0.15, -0.1) is 0 Å². The molecule has 0 bridgehead atoms. The number of rotatable bonds is 3. The first-order chi connectivity index (χ1) is 7.57. The van der Waals surface area contributed by atoms with Gasteiger partial charge in [-0.1, -0.05) is 6.07 Å². The van der Waals surface area contributed by atoms with Crippen LogP contribution in [0.2, 0.25) is 0 Å². The zero-order chi connectivity index (χ0) is 11.8. The maximum Gasteiger partial charge on any atom is 0.205 e. The Hall–Kier alpha value is -1.33. The lowest BCUT2D eigenvalue weighted by Crippen LogP contribution is -2.06. The van der Waals surface area contributed by atoms with E-state index in [2.05, 4.69) is 0 Å². The molecule has 1 aliphatic rings. The van der Waals surface area contributed by atoms with Crippen LogP contribution < -0.4 is 0 Å². The van der Waals surface area contributed by atoms with Crippen LogP contribution in [-0.2, 0) is 14.6 Å². The minimum absolute atomic E-state index is 0.0208. The first kappa shape index (κ1) is 11.2. The maximum atomic E-state index is 12.0. The van der Waals surface area contributed by atoms with E-state index in [0.717, 1.165) is 0 Å². The number of phenols is 1. The van der Waals surface area contributed by atoms with Gasteiger partial charge in [0.1, 0.15) is 5.75 Å². The lowest BCUT2D eigenvalue weighted by molar-refractivity contribution is 0.175. The highest BCUT2D eigenvalue weighted by atomic mass is 32.2. The standard InChI is InChI=1S/C11H12O4S/c1-2-15-7-8-6-9-10(12)4-3-5-11(9)16(8,13)14/h3-6,12H,2,7H2,1H3. The second-order valence-corrected chi connectivity index (χ2v) is 5.41. The van der Waals surface area contributed by atoms with Gasteiger partial charge in [0.25, 0.3) is 0 Å². The van der Waals surface area contributed by atoms with Crippen LogP contribution in [0.3, 0.4) is 0 Å². The predicted octanol–water partition coefficient (Wildman–Crippen LogP) is 1.56. The summed E-state index contributed by atoms with van der Waals surface area (Å²) in [5.74, 6) is -0.0208. The number of sulfone groups is 1. The lowest BCUT2D eigenvalue weighted by atomic mass is 10.2. The Balaban J connectivity index is 2.49. The molecule has 1 heterocycles. The highest BCUT2D eigenvalue weighted by molar-refractivity contribution is 7.95. The molecule has 0 aliphatic carbocycles. The molecule has 5 heteroatoms. The van der Waals surface area contributed by atoms with Crippen molar-refractivity contribution in [3.63, 3.8) is 0 Å². The van der Waals surface area contributed by atoms with E-state index in [9.17, 15) is 13.5 Å². The number of phenolic OH excluding ortho intramolecular Hbond substituents is 1. The number of fused-ring (bicyclic) bond motifs is 1. The number of aromatic hydroxyl groups is 1. The summed E-state index contributed by atoms with van der Waals surface area (Å²) in [6.45, 7) is 2.30. The van der Waals surface area contributed by atoms with Crippen LogP contribution in [0.4, 0.5) is 0 Å². The van der Waals surface area contributed by atoms with E-state index in [1.807, 2.05) is 0 Å². The topological polar surface area (TPSA) is 63.6 Å². The molecule has 4 nitrogen and oxygen atoms in total. The van der Waals surface area contributed by atoms with Crippen molar-refractivity contribution in [3.8, 4) is 5.75 Å². The van der Waals surface area contributed by atoms with Crippen LogP contribution in [0.15, 0.2) is 28.0 Å². The Morgan fingerprint density at radius 3 is 2.75 bits per heavy atom. The van der Waals surface area contributed by atoms with Crippen molar-refractivity contribution < 1.29 is 18.3 Å². The highest BCUT2D eigenvalue weighted by Crippen LogP contribution is 2.37. The van der Waals surface area contributed by atoms with E-state index in [0.29, 0.717) is 12.2 Å². The molecule has 0 atom stereocenters. The highest BCUT2D eigenvalue weighted by Gasteiger charge is 2.30. The summed E-state index contributed by atoms with van der Waals surface area (Å²) in [4.78, 5) is 0.355. The minimum atomic E-state index is -3.47. The normalized spacial score (nSPS) is 16.9. The average molecular weight is 240 g/mol. The first-order valence-corrected chi connectivity index (χ1v) is 6.41. The number of ether oxygens (including phenoxy) is 1. The zero-order valence-corrected chi connectivity index (χ0v) is 9.62. The molecule has 16 heavy (non-hydrogen) atoms. The third-order valence-electron chi connectivity index (χ3n) is 2.43. The molecule has 0 saturated heterocycles. The third-order valence-corrected chi connectivity index (χ3v) is 4.29. The van der Waals surface area contributed by atoms with Crippen LogP contribution >= 0.6 is 0 Å². The smallest absolute Gasteiger partial charge is 0.205 e. The maximum absolute atomic E-state index is 12.0. The molecule has 0 amide bonds. The molecule has 1 aromatic rings. The van der Waals surface area contributed by atoms with Gasteiger partial charge in [-0.2, -0.15) is 0 Å². The first-order valence-electron chi connectivity index (χ1n) is 4.92. The van der Waals surface area contributed by atoms with Gasteiger partial charge in [0.05, 0.1) is 16.4 Å². The fourth-order valence-electron chi connectivity index (χ4n) is 1.61. The second kappa shape index (κ2) is 3.92. The van der Waals surface area contributed by atoms with Crippen LogP contribution in [0.1, 0.15) is 12.5 Å². The zero-order valence-electron chi connectivity index (χ0n) is 8.80. The van der Waals surface area contributed by atoms with E-state index in [-0.39, 0.29) is 22.2 Å². The SMILES string of the molecule is CCOCC1=Cc2c(O)cccc2S1(=O)=O. The van der Waals surface area contributed by atoms with Gasteiger partial charge >= 0.3 is 0 Å². The largest absolute Gasteiger partial charge is 0.507 e. The Morgan fingerprint density at radius 1 is 1.38 bits per heavy atom. The Morgan fingerprint density at radius 2 is 2.12 bits per heavy atom. The van der Waals surface area contributed by atoms with Crippen molar-refractivity contribution in [3.05, 3.63) is 28.7 Å². The summed E-state index contributed by atoms with van der Waals surface area (Å²) in [7, 11) is -3.47. The quantitative estimate of drug-likeness (QED) is 0.870. The predicted molar refractivity (Wildman–Crippen MR) is 59.8 cm³/mol. The number of hydrogen-bond donors (Lipinski definition) is 1. The Labute approximate surface area is 94.1 Å². The molecule has 1 aromatic carbocycles. The fourth-order valence-corrected chi connectivity index (χ4v) is 3.12. The molecule has 0 spiro atoms. The van der Waals surface area contributed by atoms with E-state index in [4.69, 9.17) is 4.74 Å². The molecule has 0 unspecified atom stereocenters. The third kappa shape index (κ3) is 1.62. The van der Waals surface area contributed by atoms with E-state index in [1.165, 1.54) is 24.3 Å². The summed E-state index contributed by atoms with van der Waals surface area (Å²) in [5, 5.41) is 9.56. The average Bonchev–Trinajstić information content (AvgIpc) is 2.50. The van der Waals surface area contributed by atoms with Crippen molar-refractivity contribution in [2.45, 2.75) is 11.8 Å². The molecule has 0 radical (unpaired) electrons. The molecule has 1 N–H and O–H groups in total. The van der Waals surface area contributed by atoms with Gasteiger partial charge in [-0.25, -0.2) is 8.42 Å².